The van der Waals surface area contributed by atoms with Gasteiger partial charge in [-0.2, -0.15) is 0 Å². The van der Waals surface area contributed by atoms with Crippen LogP contribution in [0.2, 0.25) is 0 Å². The molecule has 0 radical (unpaired) electrons. The molecule has 0 aromatic carbocycles. The van der Waals surface area contributed by atoms with Crippen LogP contribution in [0.15, 0.2) is 0 Å². The number of hydrogen-bond donors (Lipinski definition) is 2. The summed E-state index contributed by atoms with van der Waals surface area (Å²) in [5, 5.41) is 12.1. The second-order valence-corrected chi connectivity index (χ2v) is 3.01. The van der Waals surface area contributed by atoms with Gasteiger partial charge in [-0.15, -0.1) is 12.4 Å². The monoisotopic (exact) mass is 179 g/mol. The molecule has 68 valence electrons. The molecule has 1 aliphatic rings. The molecule has 2 nitrogen and oxygen atoms in total. The standard InChI is InChI=1S/C8H17NO.ClH/c10-7-5-8-4-2-1-3-6-9-8;/h8-10H,1-7H2;1H. The first-order valence-corrected chi connectivity index (χ1v) is 4.27. The Labute approximate surface area is 74.8 Å². The summed E-state index contributed by atoms with van der Waals surface area (Å²) in [6, 6.07) is 0.590. The van der Waals surface area contributed by atoms with Crippen LogP contribution in [0.1, 0.15) is 32.1 Å². The van der Waals surface area contributed by atoms with Crippen LogP contribution in [0.3, 0.4) is 0 Å². The Morgan fingerprint density at radius 1 is 1.27 bits per heavy atom. The normalized spacial score (nSPS) is 25.4. The molecule has 1 aliphatic heterocycles. The van der Waals surface area contributed by atoms with Crippen molar-refractivity contribution in [2.24, 2.45) is 0 Å². The van der Waals surface area contributed by atoms with Gasteiger partial charge < -0.3 is 10.4 Å². The molecule has 0 bridgehead atoms. The molecule has 0 aliphatic carbocycles. The van der Waals surface area contributed by atoms with E-state index in [0.29, 0.717) is 12.6 Å². The smallest absolute Gasteiger partial charge is 0.0445 e. The van der Waals surface area contributed by atoms with Crippen LogP contribution >= 0.6 is 12.4 Å². The summed E-state index contributed by atoms with van der Waals surface area (Å²) in [6.07, 6.45) is 6.18. The van der Waals surface area contributed by atoms with Crippen molar-refractivity contribution in [1.29, 1.82) is 0 Å². The highest BCUT2D eigenvalue weighted by Crippen LogP contribution is 2.09. The van der Waals surface area contributed by atoms with Gasteiger partial charge in [-0.3, -0.25) is 0 Å². The lowest BCUT2D eigenvalue weighted by Gasteiger charge is -2.12. The van der Waals surface area contributed by atoms with Gasteiger partial charge in [0.25, 0.3) is 0 Å². The Balaban J connectivity index is 0.000001000. The van der Waals surface area contributed by atoms with Crippen molar-refractivity contribution in [1.82, 2.24) is 5.32 Å². The van der Waals surface area contributed by atoms with Gasteiger partial charge in [0.15, 0.2) is 0 Å². The van der Waals surface area contributed by atoms with Gasteiger partial charge in [-0.25, -0.2) is 0 Å². The summed E-state index contributed by atoms with van der Waals surface area (Å²) in [4.78, 5) is 0. The molecule has 0 aromatic heterocycles. The molecule has 0 aromatic rings. The molecule has 0 amide bonds. The van der Waals surface area contributed by atoms with E-state index < -0.39 is 0 Å². The maximum atomic E-state index is 8.67. The largest absolute Gasteiger partial charge is 0.396 e. The van der Waals surface area contributed by atoms with E-state index in [1.54, 1.807) is 0 Å². The third-order valence-electron chi connectivity index (χ3n) is 2.14. The SMILES string of the molecule is Cl.OCCC1CCCCCN1. The van der Waals surface area contributed by atoms with Gasteiger partial charge >= 0.3 is 0 Å². The Hall–Kier alpha value is 0.210. The minimum atomic E-state index is 0. The van der Waals surface area contributed by atoms with Crippen molar-refractivity contribution in [3.63, 3.8) is 0 Å². The van der Waals surface area contributed by atoms with E-state index >= 15 is 0 Å². The molecule has 1 heterocycles. The van der Waals surface area contributed by atoms with E-state index in [4.69, 9.17) is 5.11 Å². The lowest BCUT2D eigenvalue weighted by molar-refractivity contribution is 0.263. The summed E-state index contributed by atoms with van der Waals surface area (Å²) in [5.41, 5.74) is 0. The quantitative estimate of drug-likeness (QED) is 0.671. The maximum Gasteiger partial charge on any atom is 0.0445 e. The van der Waals surface area contributed by atoms with Crippen LogP contribution in [0.5, 0.6) is 0 Å². The average molecular weight is 180 g/mol. The number of halogens is 1. The minimum absolute atomic E-state index is 0. The lowest BCUT2D eigenvalue weighted by atomic mass is 10.1. The first kappa shape index (κ1) is 11.2. The van der Waals surface area contributed by atoms with Crippen LogP contribution < -0.4 is 5.32 Å². The topological polar surface area (TPSA) is 32.3 Å². The van der Waals surface area contributed by atoms with Crippen molar-refractivity contribution in [2.75, 3.05) is 13.2 Å². The minimum Gasteiger partial charge on any atom is -0.396 e. The predicted octanol–water partition coefficient (Wildman–Crippen LogP) is 1.32. The van der Waals surface area contributed by atoms with Gasteiger partial charge in [0.05, 0.1) is 0 Å². The first-order chi connectivity index (χ1) is 4.93. The molecule has 2 N–H and O–H groups in total. The van der Waals surface area contributed by atoms with Crippen LogP contribution in [-0.2, 0) is 0 Å². The molecular weight excluding hydrogens is 162 g/mol. The highest BCUT2D eigenvalue weighted by molar-refractivity contribution is 5.85. The molecule has 1 fully saturated rings. The predicted molar refractivity (Wildman–Crippen MR) is 49.2 cm³/mol. The Morgan fingerprint density at radius 2 is 2.09 bits per heavy atom. The van der Waals surface area contributed by atoms with Gasteiger partial charge in [0, 0.05) is 12.6 Å². The number of rotatable bonds is 2. The second kappa shape index (κ2) is 6.89. The van der Waals surface area contributed by atoms with Crippen molar-refractivity contribution in [2.45, 2.75) is 38.1 Å². The second-order valence-electron chi connectivity index (χ2n) is 3.01. The van der Waals surface area contributed by atoms with E-state index in [0.717, 1.165) is 13.0 Å². The number of hydrogen-bond acceptors (Lipinski definition) is 2. The van der Waals surface area contributed by atoms with Crippen LogP contribution in [0.4, 0.5) is 0 Å². The highest BCUT2D eigenvalue weighted by Gasteiger charge is 2.09. The van der Waals surface area contributed by atoms with Crippen molar-refractivity contribution in [3.05, 3.63) is 0 Å². The van der Waals surface area contributed by atoms with Crippen molar-refractivity contribution >= 4 is 12.4 Å². The van der Waals surface area contributed by atoms with Gasteiger partial charge in [0.2, 0.25) is 0 Å². The summed E-state index contributed by atoms with van der Waals surface area (Å²) < 4.78 is 0. The third-order valence-corrected chi connectivity index (χ3v) is 2.14. The molecular formula is C8H18ClNO. The Morgan fingerprint density at radius 3 is 2.82 bits per heavy atom. The van der Waals surface area contributed by atoms with E-state index in [2.05, 4.69) is 5.32 Å². The molecule has 1 unspecified atom stereocenters. The number of aliphatic hydroxyl groups is 1. The fourth-order valence-electron chi connectivity index (χ4n) is 1.50. The van der Waals surface area contributed by atoms with E-state index in [-0.39, 0.29) is 12.4 Å². The fraction of sp³-hybridized carbons (Fsp3) is 1.00. The zero-order chi connectivity index (χ0) is 7.23. The van der Waals surface area contributed by atoms with Crippen LogP contribution in [0, 0.1) is 0 Å². The zero-order valence-electron chi connectivity index (χ0n) is 6.88. The Kier molecular flexibility index (Phi) is 7.02. The average Bonchev–Trinajstić information content (AvgIpc) is 2.17. The third kappa shape index (κ3) is 4.62. The van der Waals surface area contributed by atoms with Gasteiger partial charge in [-0.1, -0.05) is 12.8 Å². The maximum absolute atomic E-state index is 8.67. The molecule has 3 heteroatoms. The van der Waals surface area contributed by atoms with E-state index in [1.165, 1.54) is 25.7 Å². The summed E-state index contributed by atoms with van der Waals surface area (Å²) in [5.74, 6) is 0. The number of nitrogens with one attached hydrogen (secondary N) is 1. The molecule has 1 saturated heterocycles. The molecule has 0 spiro atoms. The van der Waals surface area contributed by atoms with Crippen LogP contribution in [0.25, 0.3) is 0 Å². The highest BCUT2D eigenvalue weighted by atomic mass is 35.5. The fourth-order valence-corrected chi connectivity index (χ4v) is 1.50. The number of aliphatic hydroxyl groups excluding tert-OH is 1. The summed E-state index contributed by atoms with van der Waals surface area (Å²) in [7, 11) is 0. The Bertz CT molecular complexity index is 82.2. The van der Waals surface area contributed by atoms with E-state index in [1.807, 2.05) is 0 Å². The molecule has 11 heavy (non-hydrogen) atoms. The first-order valence-electron chi connectivity index (χ1n) is 4.27. The van der Waals surface area contributed by atoms with Crippen LogP contribution in [-0.4, -0.2) is 24.3 Å². The lowest BCUT2D eigenvalue weighted by Crippen LogP contribution is -2.28. The van der Waals surface area contributed by atoms with Crippen molar-refractivity contribution in [3.8, 4) is 0 Å². The van der Waals surface area contributed by atoms with Gasteiger partial charge in [0.1, 0.15) is 0 Å². The molecule has 0 saturated carbocycles. The zero-order valence-corrected chi connectivity index (χ0v) is 7.70. The summed E-state index contributed by atoms with van der Waals surface area (Å²) >= 11 is 0. The summed E-state index contributed by atoms with van der Waals surface area (Å²) in [6.45, 7) is 1.47. The molecule has 1 rings (SSSR count). The van der Waals surface area contributed by atoms with E-state index in [9.17, 15) is 0 Å². The molecule has 1 atom stereocenters. The van der Waals surface area contributed by atoms with Gasteiger partial charge in [-0.05, 0) is 25.8 Å². The van der Waals surface area contributed by atoms with Crippen molar-refractivity contribution < 1.29 is 5.11 Å².